The second kappa shape index (κ2) is 6.80. The van der Waals surface area contributed by atoms with Crippen molar-refractivity contribution in [1.82, 2.24) is 15.0 Å². The molecule has 0 atom stereocenters. The van der Waals surface area contributed by atoms with Crippen LogP contribution >= 0.6 is 0 Å². The van der Waals surface area contributed by atoms with Gasteiger partial charge < -0.3 is 5.32 Å². The minimum atomic E-state index is -4.36. The van der Waals surface area contributed by atoms with Gasteiger partial charge in [0.05, 0.1) is 10.9 Å². The first kappa shape index (κ1) is 17.7. The number of pyridine rings is 1. The van der Waals surface area contributed by atoms with Gasteiger partial charge in [-0.2, -0.15) is 18.2 Å². The van der Waals surface area contributed by atoms with E-state index in [1.54, 1.807) is 42.6 Å². The second-order valence-corrected chi connectivity index (χ2v) is 6.07. The number of hydrogen-bond acceptors (Lipinski definition) is 4. The molecule has 0 bridgehead atoms. The van der Waals surface area contributed by atoms with Gasteiger partial charge in [-0.05, 0) is 47.5 Å². The third-order valence-corrected chi connectivity index (χ3v) is 4.20. The summed E-state index contributed by atoms with van der Waals surface area (Å²) in [6, 6.07) is 15.6. The quantitative estimate of drug-likeness (QED) is 0.537. The Bertz CT molecular complexity index is 1180. The summed E-state index contributed by atoms with van der Waals surface area (Å²) >= 11 is 0. The lowest BCUT2D eigenvalue weighted by atomic mass is 10.0. The van der Waals surface area contributed by atoms with Gasteiger partial charge in [-0.25, -0.2) is 9.78 Å². The van der Waals surface area contributed by atoms with E-state index in [1.165, 1.54) is 12.1 Å². The molecule has 2 aromatic heterocycles. The van der Waals surface area contributed by atoms with Crippen LogP contribution in [-0.2, 0) is 6.18 Å². The average molecular weight is 382 g/mol. The van der Waals surface area contributed by atoms with Gasteiger partial charge in [0.1, 0.15) is 5.82 Å². The lowest BCUT2D eigenvalue weighted by Gasteiger charge is -2.10. The van der Waals surface area contributed by atoms with E-state index in [9.17, 15) is 18.0 Å². The number of H-pyrrole nitrogens is 1. The molecule has 5 nitrogen and oxygen atoms in total. The lowest BCUT2D eigenvalue weighted by Crippen LogP contribution is -2.13. The van der Waals surface area contributed by atoms with E-state index in [4.69, 9.17) is 0 Å². The topological polar surface area (TPSA) is 70.7 Å². The van der Waals surface area contributed by atoms with Crippen LogP contribution in [0.2, 0.25) is 0 Å². The first-order valence-electron chi connectivity index (χ1n) is 8.30. The fourth-order valence-corrected chi connectivity index (χ4v) is 2.82. The highest BCUT2D eigenvalue weighted by atomic mass is 19.4. The molecule has 0 radical (unpaired) electrons. The van der Waals surface area contributed by atoms with Crippen molar-refractivity contribution in [1.29, 1.82) is 0 Å². The first-order valence-corrected chi connectivity index (χ1v) is 8.30. The van der Waals surface area contributed by atoms with Gasteiger partial charge in [-0.3, -0.25) is 4.98 Å². The molecule has 0 fully saturated rings. The molecule has 28 heavy (non-hydrogen) atoms. The molecule has 8 heteroatoms. The summed E-state index contributed by atoms with van der Waals surface area (Å²) < 4.78 is 38.0. The van der Waals surface area contributed by atoms with Crippen LogP contribution in [0.4, 0.5) is 24.7 Å². The number of alkyl halides is 3. The van der Waals surface area contributed by atoms with Crippen LogP contribution in [0.25, 0.3) is 22.2 Å². The normalized spacial score (nSPS) is 11.5. The molecule has 0 aliphatic heterocycles. The molecule has 4 rings (SSSR count). The van der Waals surface area contributed by atoms with Gasteiger partial charge in [0.15, 0.2) is 5.65 Å². The van der Waals surface area contributed by atoms with Crippen LogP contribution in [0.15, 0.2) is 71.7 Å². The van der Waals surface area contributed by atoms with Crippen LogP contribution in [0.3, 0.4) is 0 Å². The summed E-state index contributed by atoms with van der Waals surface area (Å²) in [6.07, 6.45) is -2.80. The van der Waals surface area contributed by atoms with Crippen LogP contribution in [0, 0.1) is 0 Å². The number of nitrogens with zero attached hydrogens (tertiary/aromatic N) is 2. The Kier molecular flexibility index (Phi) is 4.31. The molecule has 0 saturated heterocycles. The zero-order chi connectivity index (χ0) is 19.7. The minimum Gasteiger partial charge on any atom is -0.341 e. The maximum Gasteiger partial charge on any atom is 0.416 e. The Labute approximate surface area is 156 Å². The predicted octanol–water partition coefficient (Wildman–Crippen LogP) is 4.75. The molecular weight excluding hydrogens is 369 g/mol. The Hall–Kier alpha value is -3.68. The Morgan fingerprint density at radius 1 is 0.893 bits per heavy atom. The van der Waals surface area contributed by atoms with Crippen molar-refractivity contribution in [3.05, 3.63) is 82.9 Å². The number of rotatable bonds is 3. The Morgan fingerprint density at radius 3 is 2.18 bits per heavy atom. The van der Waals surface area contributed by atoms with Gasteiger partial charge in [-0.1, -0.05) is 24.3 Å². The van der Waals surface area contributed by atoms with E-state index in [1.807, 2.05) is 0 Å². The maximum absolute atomic E-state index is 12.7. The number of nitrogens with one attached hydrogen (secondary N) is 2. The van der Waals surface area contributed by atoms with Crippen molar-refractivity contribution in [3.8, 4) is 11.1 Å². The molecule has 140 valence electrons. The van der Waals surface area contributed by atoms with Crippen LogP contribution in [0.1, 0.15) is 5.56 Å². The van der Waals surface area contributed by atoms with E-state index in [0.29, 0.717) is 28.1 Å². The SMILES string of the molecule is O=c1nc2ncccc2c(Nc2ccc(-c3ccc(C(F)(F)F)cc3)cc2)[nH]1. The smallest absolute Gasteiger partial charge is 0.341 e. The summed E-state index contributed by atoms with van der Waals surface area (Å²) in [6.45, 7) is 0. The molecule has 2 heterocycles. The molecule has 0 amide bonds. The van der Waals surface area contributed by atoms with Crippen molar-refractivity contribution in [2.24, 2.45) is 0 Å². The summed E-state index contributed by atoms with van der Waals surface area (Å²) in [5.41, 5.74) is 1.27. The number of hydrogen-bond donors (Lipinski definition) is 2. The molecular formula is C20H13F3N4O. The lowest BCUT2D eigenvalue weighted by molar-refractivity contribution is -0.137. The number of aromatic nitrogens is 3. The van der Waals surface area contributed by atoms with Crippen LogP contribution in [0.5, 0.6) is 0 Å². The standard InChI is InChI=1S/C20H13F3N4O/c21-20(22,23)14-7-3-12(4-8-14)13-5-9-15(10-6-13)25-18-16-2-1-11-24-17(16)26-19(28)27-18/h1-11H,(H2,24,25,26,27,28). The highest BCUT2D eigenvalue weighted by Crippen LogP contribution is 2.31. The van der Waals surface area contributed by atoms with Gasteiger partial charge in [0, 0.05) is 11.9 Å². The van der Waals surface area contributed by atoms with E-state index in [2.05, 4.69) is 20.3 Å². The fourth-order valence-electron chi connectivity index (χ4n) is 2.82. The Balaban J connectivity index is 1.60. The molecule has 0 aliphatic carbocycles. The molecule has 2 aromatic carbocycles. The summed E-state index contributed by atoms with van der Waals surface area (Å²) in [5, 5.41) is 3.77. The van der Waals surface area contributed by atoms with Crippen molar-refractivity contribution in [2.45, 2.75) is 6.18 Å². The van der Waals surface area contributed by atoms with Crippen molar-refractivity contribution in [3.63, 3.8) is 0 Å². The largest absolute Gasteiger partial charge is 0.416 e. The predicted molar refractivity (Wildman–Crippen MR) is 100 cm³/mol. The number of halogens is 3. The van der Waals surface area contributed by atoms with E-state index < -0.39 is 17.4 Å². The molecule has 0 aliphatic rings. The molecule has 0 unspecified atom stereocenters. The highest BCUT2D eigenvalue weighted by molar-refractivity contribution is 5.88. The first-order chi connectivity index (χ1) is 13.4. The zero-order valence-corrected chi connectivity index (χ0v) is 14.3. The molecule has 0 saturated carbocycles. The average Bonchev–Trinajstić information content (AvgIpc) is 2.68. The summed E-state index contributed by atoms with van der Waals surface area (Å²) in [7, 11) is 0. The monoisotopic (exact) mass is 382 g/mol. The molecule has 4 aromatic rings. The molecule has 0 spiro atoms. The van der Waals surface area contributed by atoms with Crippen molar-refractivity contribution in [2.75, 3.05) is 5.32 Å². The Morgan fingerprint density at radius 2 is 1.54 bits per heavy atom. The number of benzene rings is 2. The number of anilines is 2. The maximum atomic E-state index is 12.7. The van der Waals surface area contributed by atoms with Gasteiger partial charge in [-0.15, -0.1) is 0 Å². The van der Waals surface area contributed by atoms with E-state index in [0.717, 1.165) is 17.7 Å². The zero-order valence-electron chi connectivity index (χ0n) is 14.3. The number of fused-ring (bicyclic) bond motifs is 1. The van der Waals surface area contributed by atoms with Crippen LogP contribution < -0.4 is 11.0 Å². The van der Waals surface area contributed by atoms with E-state index >= 15 is 0 Å². The highest BCUT2D eigenvalue weighted by Gasteiger charge is 2.29. The van der Waals surface area contributed by atoms with Crippen molar-refractivity contribution < 1.29 is 13.2 Å². The van der Waals surface area contributed by atoms with E-state index in [-0.39, 0.29) is 0 Å². The van der Waals surface area contributed by atoms with Gasteiger partial charge in [0.2, 0.25) is 0 Å². The summed E-state index contributed by atoms with van der Waals surface area (Å²) in [4.78, 5) is 22.2. The van der Waals surface area contributed by atoms with Gasteiger partial charge >= 0.3 is 11.9 Å². The summed E-state index contributed by atoms with van der Waals surface area (Å²) in [5.74, 6) is 0.463. The van der Waals surface area contributed by atoms with Crippen molar-refractivity contribution >= 4 is 22.5 Å². The third kappa shape index (κ3) is 3.57. The fraction of sp³-hybridized carbons (Fsp3) is 0.0500. The number of aromatic amines is 1. The minimum absolute atomic E-state index is 0.329. The second-order valence-electron chi connectivity index (χ2n) is 6.07. The van der Waals surface area contributed by atoms with Gasteiger partial charge in [0.25, 0.3) is 0 Å². The third-order valence-electron chi connectivity index (χ3n) is 4.20. The van der Waals surface area contributed by atoms with Crippen LogP contribution in [-0.4, -0.2) is 15.0 Å². The molecule has 2 N–H and O–H groups in total.